The standard InChI is InChI=1S/C16H20O/c1-4-13(3)11-12-14(5-2)16(17)15-9-7-6-8-10-15/h4,6-10,16-17H,2,11-12H2,1,3H3/b13-4+. The van der Waals surface area contributed by atoms with Gasteiger partial charge in [0, 0.05) is 5.57 Å². The number of hydrogen-bond acceptors (Lipinski definition) is 1. The fourth-order valence-electron chi connectivity index (χ4n) is 1.63. The maximum atomic E-state index is 10.2. The second-order valence-electron chi connectivity index (χ2n) is 4.15. The average Bonchev–Trinajstić information content (AvgIpc) is 2.39. The molecule has 0 radical (unpaired) electrons. The highest BCUT2D eigenvalue weighted by atomic mass is 16.3. The third kappa shape index (κ3) is 4.07. The first-order valence-electron chi connectivity index (χ1n) is 5.92. The van der Waals surface area contributed by atoms with Crippen molar-refractivity contribution in [3.8, 4) is 0 Å². The molecule has 1 heteroatoms. The predicted molar refractivity (Wildman–Crippen MR) is 72.7 cm³/mol. The van der Waals surface area contributed by atoms with E-state index in [0.717, 1.165) is 24.0 Å². The molecule has 1 aromatic rings. The number of aliphatic hydroxyl groups is 1. The van der Waals surface area contributed by atoms with Crippen molar-refractivity contribution in [3.05, 3.63) is 65.4 Å². The third-order valence-electron chi connectivity index (χ3n) is 2.95. The molecule has 0 aliphatic heterocycles. The number of benzene rings is 1. The van der Waals surface area contributed by atoms with Crippen LogP contribution in [0.15, 0.2) is 59.9 Å². The second kappa shape index (κ2) is 6.90. The Balaban J connectivity index is 2.73. The summed E-state index contributed by atoms with van der Waals surface area (Å²) in [6, 6.07) is 9.64. The largest absolute Gasteiger partial charge is 0.383 e. The Hall–Kier alpha value is -1.56. The summed E-state index contributed by atoms with van der Waals surface area (Å²) in [4.78, 5) is 0. The maximum Gasteiger partial charge on any atom is 0.107 e. The minimum absolute atomic E-state index is 0.585. The lowest BCUT2D eigenvalue weighted by Gasteiger charge is -2.13. The molecule has 1 nitrogen and oxygen atoms in total. The molecule has 90 valence electrons. The highest BCUT2D eigenvalue weighted by molar-refractivity contribution is 5.25. The van der Waals surface area contributed by atoms with Crippen LogP contribution in [0, 0.1) is 0 Å². The Labute approximate surface area is 104 Å². The Kier molecular flexibility index (Phi) is 5.48. The van der Waals surface area contributed by atoms with Crippen molar-refractivity contribution in [3.63, 3.8) is 0 Å². The quantitative estimate of drug-likeness (QED) is 0.592. The minimum atomic E-state index is -0.585. The van der Waals surface area contributed by atoms with Crippen LogP contribution in [0.5, 0.6) is 0 Å². The average molecular weight is 228 g/mol. The van der Waals surface area contributed by atoms with Crippen LogP contribution in [0.4, 0.5) is 0 Å². The maximum absolute atomic E-state index is 10.2. The number of hydrogen-bond donors (Lipinski definition) is 1. The molecule has 1 rings (SSSR count). The van der Waals surface area contributed by atoms with Gasteiger partial charge in [0.15, 0.2) is 0 Å². The van der Waals surface area contributed by atoms with Gasteiger partial charge in [0.1, 0.15) is 6.10 Å². The van der Waals surface area contributed by atoms with E-state index < -0.39 is 6.10 Å². The van der Waals surface area contributed by atoms with Gasteiger partial charge < -0.3 is 5.11 Å². The fraction of sp³-hybridized carbons (Fsp3) is 0.312. The third-order valence-corrected chi connectivity index (χ3v) is 2.95. The van der Waals surface area contributed by atoms with Crippen LogP contribution in [0.1, 0.15) is 38.4 Å². The van der Waals surface area contributed by atoms with Crippen LogP contribution in [0.3, 0.4) is 0 Å². The number of rotatable bonds is 5. The Morgan fingerprint density at radius 3 is 2.53 bits per heavy atom. The topological polar surface area (TPSA) is 20.2 Å². The number of aliphatic hydroxyl groups excluding tert-OH is 1. The molecule has 0 aromatic heterocycles. The molecular formula is C16H20O. The smallest absolute Gasteiger partial charge is 0.107 e. The van der Waals surface area contributed by atoms with E-state index in [0.29, 0.717) is 0 Å². The van der Waals surface area contributed by atoms with Gasteiger partial charge in [-0.05, 0) is 32.3 Å². The highest BCUT2D eigenvalue weighted by Crippen LogP contribution is 2.25. The van der Waals surface area contributed by atoms with Crippen LogP contribution in [0.25, 0.3) is 0 Å². The van der Waals surface area contributed by atoms with Crippen molar-refractivity contribution >= 4 is 0 Å². The summed E-state index contributed by atoms with van der Waals surface area (Å²) in [5, 5.41) is 10.2. The zero-order chi connectivity index (χ0) is 12.7. The van der Waals surface area contributed by atoms with Gasteiger partial charge in [-0.15, -0.1) is 5.73 Å². The van der Waals surface area contributed by atoms with Gasteiger partial charge in [0.25, 0.3) is 0 Å². The lowest BCUT2D eigenvalue weighted by atomic mass is 9.97. The summed E-state index contributed by atoms with van der Waals surface area (Å²) >= 11 is 0. The van der Waals surface area contributed by atoms with Crippen LogP contribution < -0.4 is 0 Å². The van der Waals surface area contributed by atoms with E-state index in [9.17, 15) is 5.11 Å². The molecule has 0 saturated heterocycles. The minimum Gasteiger partial charge on any atom is -0.383 e. The molecule has 1 unspecified atom stereocenters. The van der Waals surface area contributed by atoms with Crippen LogP contribution in [-0.2, 0) is 0 Å². The van der Waals surface area contributed by atoms with Crippen molar-refractivity contribution in [2.24, 2.45) is 0 Å². The van der Waals surface area contributed by atoms with Crippen molar-refractivity contribution in [1.82, 2.24) is 0 Å². The molecule has 0 saturated carbocycles. The summed E-state index contributed by atoms with van der Waals surface area (Å²) in [7, 11) is 0. The van der Waals surface area contributed by atoms with Crippen molar-refractivity contribution < 1.29 is 5.11 Å². The van der Waals surface area contributed by atoms with Crippen molar-refractivity contribution in [2.45, 2.75) is 32.8 Å². The molecule has 0 spiro atoms. The van der Waals surface area contributed by atoms with Crippen LogP contribution in [-0.4, -0.2) is 5.11 Å². The first-order chi connectivity index (χ1) is 8.19. The van der Waals surface area contributed by atoms with Gasteiger partial charge in [-0.25, -0.2) is 0 Å². The first kappa shape index (κ1) is 13.5. The zero-order valence-corrected chi connectivity index (χ0v) is 10.6. The molecule has 1 aromatic carbocycles. The van der Waals surface area contributed by atoms with E-state index in [1.807, 2.05) is 37.3 Å². The van der Waals surface area contributed by atoms with Gasteiger partial charge >= 0.3 is 0 Å². The molecule has 1 N–H and O–H groups in total. The molecule has 0 amide bonds. The molecule has 0 bridgehead atoms. The Morgan fingerprint density at radius 1 is 1.35 bits per heavy atom. The normalized spacial score (nSPS) is 13.0. The lowest BCUT2D eigenvalue weighted by Crippen LogP contribution is -2.01. The van der Waals surface area contributed by atoms with Gasteiger partial charge in [0.05, 0.1) is 0 Å². The molecule has 17 heavy (non-hydrogen) atoms. The molecular weight excluding hydrogens is 208 g/mol. The van der Waals surface area contributed by atoms with E-state index in [4.69, 9.17) is 0 Å². The summed E-state index contributed by atoms with van der Waals surface area (Å²) in [6.45, 7) is 7.79. The molecule has 0 heterocycles. The van der Waals surface area contributed by atoms with E-state index in [1.165, 1.54) is 5.57 Å². The first-order valence-corrected chi connectivity index (χ1v) is 5.92. The second-order valence-corrected chi connectivity index (χ2v) is 4.15. The van der Waals surface area contributed by atoms with E-state index in [-0.39, 0.29) is 0 Å². The summed E-state index contributed by atoms with van der Waals surface area (Å²) in [5.74, 6) is 0. The molecule has 0 aliphatic rings. The Bertz CT molecular complexity index is 422. The van der Waals surface area contributed by atoms with E-state index >= 15 is 0 Å². The van der Waals surface area contributed by atoms with Gasteiger partial charge in [-0.1, -0.05) is 48.6 Å². The van der Waals surface area contributed by atoms with E-state index in [2.05, 4.69) is 25.3 Å². The van der Waals surface area contributed by atoms with Crippen LogP contribution >= 0.6 is 0 Å². The van der Waals surface area contributed by atoms with Gasteiger partial charge in [-0.3, -0.25) is 0 Å². The van der Waals surface area contributed by atoms with Gasteiger partial charge in [0.2, 0.25) is 0 Å². The van der Waals surface area contributed by atoms with Gasteiger partial charge in [-0.2, -0.15) is 0 Å². The summed E-state index contributed by atoms with van der Waals surface area (Å²) in [5.41, 5.74) is 5.95. The number of allylic oxidation sites excluding steroid dienone is 2. The SMILES string of the molecule is C=C=C(CC/C(C)=C/C)C(O)c1ccccc1. The fourth-order valence-corrected chi connectivity index (χ4v) is 1.63. The van der Waals surface area contributed by atoms with Crippen LogP contribution in [0.2, 0.25) is 0 Å². The monoisotopic (exact) mass is 228 g/mol. The van der Waals surface area contributed by atoms with E-state index in [1.54, 1.807) is 0 Å². The molecule has 0 aliphatic carbocycles. The predicted octanol–water partition coefficient (Wildman–Crippen LogP) is 4.18. The van der Waals surface area contributed by atoms with Crippen molar-refractivity contribution in [1.29, 1.82) is 0 Å². The summed E-state index contributed by atoms with van der Waals surface area (Å²) < 4.78 is 0. The lowest BCUT2D eigenvalue weighted by molar-refractivity contribution is 0.211. The molecule has 1 atom stereocenters. The van der Waals surface area contributed by atoms with Crippen molar-refractivity contribution in [2.75, 3.05) is 0 Å². The zero-order valence-electron chi connectivity index (χ0n) is 10.6. The summed E-state index contributed by atoms with van der Waals surface area (Å²) in [6.07, 6.45) is 3.25. The Morgan fingerprint density at radius 2 is 2.00 bits per heavy atom. The molecule has 0 fully saturated rings. The highest BCUT2D eigenvalue weighted by Gasteiger charge is 2.12.